The molecule has 0 atom stereocenters. The van der Waals surface area contributed by atoms with E-state index in [-0.39, 0.29) is 18.4 Å². The molecule has 0 heterocycles. The second kappa shape index (κ2) is 10.1. The van der Waals surface area contributed by atoms with Crippen molar-refractivity contribution < 1.29 is 9.59 Å². The van der Waals surface area contributed by atoms with Gasteiger partial charge in [0.25, 0.3) is 5.91 Å². The highest BCUT2D eigenvalue weighted by atomic mass is 16.2. The van der Waals surface area contributed by atoms with Crippen LogP contribution in [-0.2, 0) is 17.9 Å². The van der Waals surface area contributed by atoms with Crippen LogP contribution < -0.4 is 16.0 Å². The Morgan fingerprint density at radius 2 is 1.34 bits per heavy atom. The van der Waals surface area contributed by atoms with Gasteiger partial charge >= 0.3 is 0 Å². The summed E-state index contributed by atoms with van der Waals surface area (Å²) in [5.74, 6) is -0.318. The molecule has 0 aromatic heterocycles. The van der Waals surface area contributed by atoms with E-state index in [9.17, 15) is 9.59 Å². The van der Waals surface area contributed by atoms with Crippen molar-refractivity contribution in [1.82, 2.24) is 10.6 Å². The van der Waals surface area contributed by atoms with Crippen molar-refractivity contribution in [2.24, 2.45) is 0 Å². The van der Waals surface area contributed by atoms with E-state index < -0.39 is 0 Å². The van der Waals surface area contributed by atoms with Gasteiger partial charge in [0.15, 0.2) is 0 Å². The van der Waals surface area contributed by atoms with Crippen molar-refractivity contribution in [3.8, 4) is 0 Å². The lowest BCUT2D eigenvalue weighted by Crippen LogP contribution is -2.30. The molecule has 3 aromatic carbocycles. The third-order valence-corrected chi connectivity index (χ3v) is 4.52. The predicted molar refractivity (Wildman–Crippen MR) is 116 cm³/mol. The SMILES string of the molecule is Cc1ccc(CNC(=O)c2ccccc2NCC(=O)NCc2ccccc2)cc1. The summed E-state index contributed by atoms with van der Waals surface area (Å²) in [6.45, 7) is 3.04. The summed E-state index contributed by atoms with van der Waals surface area (Å²) in [7, 11) is 0. The van der Waals surface area contributed by atoms with Crippen molar-refractivity contribution >= 4 is 17.5 Å². The van der Waals surface area contributed by atoms with Gasteiger partial charge in [0.1, 0.15) is 0 Å². The highest BCUT2D eigenvalue weighted by Gasteiger charge is 2.11. The van der Waals surface area contributed by atoms with E-state index in [1.165, 1.54) is 5.56 Å². The first-order valence-corrected chi connectivity index (χ1v) is 9.59. The molecule has 0 spiro atoms. The highest BCUT2D eigenvalue weighted by Crippen LogP contribution is 2.15. The van der Waals surface area contributed by atoms with Crippen molar-refractivity contribution in [3.63, 3.8) is 0 Å². The zero-order valence-electron chi connectivity index (χ0n) is 16.4. The Hall–Kier alpha value is -3.60. The number of benzene rings is 3. The molecule has 0 saturated heterocycles. The molecule has 2 amide bonds. The Labute approximate surface area is 171 Å². The predicted octanol–water partition coefficient (Wildman–Crippen LogP) is 3.65. The van der Waals surface area contributed by atoms with Gasteiger partial charge in [0.05, 0.1) is 12.1 Å². The Balaban J connectivity index is 1.53. The Bertz CT molecular complexity index is 953. The van der Waals surface area contributed by atoms with Crippen molar-refractivity contribution in [2.75, 3.05) is 11.9 Å². The van der Waals surface area contributed by atoms with Crippen LogP contribution in [0.25, 0.3) is 0 Å². The van der Waals surface area contributed by atoms with Crippen LogP contribution in [0.4, 0.5) is 5.69 Å². The third kappa shape index (κ3) is 6.21. The Kier molecular flexibility index (Phi) is 7.00. The molecular formula is C24H25N3O2. The lowest BCUT2D eigenvalue weighted by molar-refractivity contribution is -0.119. The monoisotopic (exact) mass is 387 g/mol. The molecule has 5 heteroatoms. The van der Waals surface area contributed by atoms with E-state index in [1.807, 2.05) is 67.6 Å². The Morgan fingerprint density at radius 3 is 2.10 bits per heavy atom. The number of amides is 2. The minimum absolute atomic E-state index is 0.0924. The number of hydrogen-bond acceptors (Lipinski definition) is 3. The fraction of sp³-hybridized carbons (Fsp3) is 0.167. The van der Waals surface area contributed by atoms with Crippen LogP contribution in [0, 0.1) is 6.92 Å². The molecule has 29 heavy (non-hydrogen) atoms. The third-order valence-electron chi connectivity index (χ3n) is 4.52. The molecule has 0 aliphatic heterocycles. The number of nitrogens with one attached hydrogen (secondary N) is 3. The van der Waals surface area contributed by atoms with E-state index in [4.69, 9.17) is 0 Å². The van der Waals surface area contributed by atoms with Crippen LogP contribution in [-0.4, -0.2) is 18.4 Å². The van der Waals surface area contributed by atoms with E-state index in [2.05, 4.69) is 16.0 Å². The second-order valence-corrected chi connectivity index (χ2v) is 6.83. The fourth-order valence-corrected chi connectivity index (χ4v) is 2.85. The van der Waals surface area contributed by atoms with Crippen LogP contribution in [0.15, 0.2) is 78.9 Å². The molecule has 0 fully saturated rings. The van der Waals surface area contributed by atoms with Crippen LogP contribution in [0.1, 0.15) is 27.0 Å². The number of carbonyl (C=O) groups is 2. The largest absolute Gasteiger partial charge is 0.376 e. The molecule has 3 N–H and O–H groups in total. The van der Waals surface area contributed by atoms with Crippen LogP contribution in [0.5, 0.6) is 0 Å². The molecule has 0 bridgehead atoms. The van der Waals surface area contributed by atoms with Gasteiger partial charge in [0, 0.05) is 18.8 Å². The number of aryl methyl sites for hydroxylation is 1. The zero-order valence-corrected chi connectivity index (χ0v) is 16.4. The number of rotatable bonds is 8. The molecule has 0 unspecified atom stereocenters. The van der Waals surface area contributed by atoms with Gasteiger partial charge in [-0.25, -0.2) is 0 Å². The van der Waals surface area contributed by atoms with Crippen molar-refractivity contribution in [3.05, 3.63) is 101 Å². The molecule has 3 aromatic rings. The summed E-state index contributed by atoms with van der Waals surface area (Å²) < 4.78 is 0. The fourth-order valence-electron chi connectivity index (χ4n) is 2.85. The molecule has 5 nitrogen and oxygen atoms in total. The summed E-state index contributed by atoms with van der Waals surface area (Å²) in [5, 5.41) is 8.86. The maximum absolute atomic E-state index is 12.6. The summed E-state index contributed by atoms with van der Waals surface area (Å²) in [6.07, 6.45) is 0. The average molecular weight is 387 g/mol. The summed E-state index contributed by atoms with van der Waals surface area (Å²) in [4.78, 5) is 24.7. The smallest absolute Gasteiger partial charge is 0.253 e. The molecule has 0 aliphatic carbocycles. The molecule has 0 saturated carbocycles. The van der Waals surface area contributed by atoms with Crippen molar-refractivity contribution in [1.29, 1.82) is 0 Å². The topological polar surface area (TPSA) is 70.2 Å². The molecule has 0 radical (unpaired) electrons. The lowest BCUT2D eigenvalue weighted by atomic mass is 10.1. The molecular weight excluding hydrogens is 362 g/mol. The first kappa shape index (κ1) is 20.1. The van der Waals surface area contributed by atoms with Crippen LogP contribution in [0.3, 0.4) is 0 Å². The van der Waals surface area contributed by atoms with Gasteiger partial charge < -0.3 is 16.0 Å². The van der Waals surface area contributed by atoms with E-state index >= 15 is 0 Å². The lowest BCUT2D eigenvalue weighted by Gasteiger charge is -2.12. The molecule has 148 valence electrons. The maximum Gasteiger partial charge on any atom is 0.253 e. The number of anilines is 1. The van der Waals surface area contributed by atoms with Crippen LogP contribution >= 0.6 is 0 Å². The minimum atomic E-state index is -0.182. The van der Waals surface area contributed by atoms with Gasteiger partial charge in [-0.1, -0.05) is 72.3 Å². The number of para-hydroxylation sites is 1. The summed E-state index contributed by atoms with van der Waals surface area (Å²) >= 11 is 0. The Morgan fingerprint density at radius 1 is 0.724 bits per heavy atom. The second-order valence-electron chi connectivity index (χ2n) is 6.83. The quantitative estimate of drug-likeness (QED) is 0.553. The summed E-state index contributed by atoms with van der Waals surface area (Å²) in [5.41, 5.74) is 4.39. The summed E-state index contributed by atoms with van der Waals surface area (Å²) in [6, 6.07) is 24.9. The minimum Gasteiger partial charge on any atom is -0.376 e. The van der Waals surface area contributed by atoms with E-state index in [0.717, 1.165) is 11.1 Å². The first-order chi connectivity index (χ1) is 14.1. The van der Waals surface area contributed by atoms with Crippen LogP contribution in [0.2, 0.25) is 0 Å². The van der Waals surface area contributed by atoms with Crippen molar-refractivity contribution in [2.45, 2.75) is 20.0 Å². The van der Waals surface area contributed by atoms with Gasteiger partial charge in [-0.15, -0.1) is 0 Å². The van der Waals surface area contributed by atoms with Gasteiger partial charge in [0.2, 0.25) is 5.91 Å². The molecule has 3 rings (SSSR count). The highest BCUT2D eigenvalue weighted by molar-refractivity contribution is 6.00. The first-order valence-electron chi connectivity index (χ1n) is 9.59. The van der Waals surface area contributed by atoms with E-state index in [1.54, 1.807) is 18.2 Å². The number of carbonyl (C=O) groups excluding carboxylic acids is 2. The normalized spacial score (nSPS) is 10.2. The number of hydrogen-bond donors (Lipinski definition) is 3. The van der Waals surface area contributed by atoms with Gasteiger partial charge in [-0.3, -0.25) is 9.59 Å². The molecule has 0 aliphatic rings. The average Bonchev–Trinajstić information content (AvgIpc) is 2.76. The maximum atomic E-state index is 12.6. The zero-order chi connectivity index (χ0) is 20.5. The van der Waals surface area contributed by atoms with Gasteiger partial charge in [-0.05, 0) is 30.2 Å². The van der Waals surface area contributed by atoms with E-state index in [0.29, 0.717) is 24.3 Å². The standard InChI is InChI=1S/C24H25N3O2/c1-18-11-13-20(14-12-18)16-27-24(29)21-9-5-6-10-22(21)25-17-23(28)26-15-19-7-3-2-4-8-19/h2-14,25H,15-17H2,1H3,(H,26,28)(H,27,29). The van der Waals surface area contributed by atoms with Gasteiger partial charge in [-0.2, -0.15) is 0 Å².